The number of amides is 1. The molecule has 3 rings (SSSR count). The largest absolute Gasteiger partial charge is 0.464 e. The molecule has 0 unspecified atom stereocenters. The van der Waals surface area contributed by atoms with E-state index >= 15 is 0 Å². The van der Waals surface area contributed by atoms with Gasteiger partial charge in [-0.05, 0) is 43.9 Å². The Morgan fingerprint density at radius 3 is 2.58 bits per heavy atom. The van der Waals surface area contributed by atoms with Gasteiger partial charge in [0.15, 0.2) is 0 Å². The van der Waals surface area contributed by atoms with Crippen molar-refractivity contribution >= 4 is 34.2 Å². The van der Waals surface area contributed by atoms with Crippen molar-refractivity contribution in [1.82, 2.24) is 9.88 Å². The lowest BCUT2D eigenvalue weighted by molar-refractivity contribution is -0.141. The summed E-state index contributed by atoms with van der Waals surface area (Å²) in [5, 5.41) is 3.70. The van der Waals surface area contributed by atoms with Crippen LogP contribution in [0.25, 0.3) is 10.8 Å². The standard InChI is InChI=1S/C22H25ClF2N2O4/c1-13(12-31-14(2)28)27-10-7-16-17(21(27)30)3-4-18(23)19(16)20(29)26-11-15-5-8-22(24,25)9-6-15/h3-4,7,10,13,15H,5-6,8-9,11-12H2,1-2H3,(H,26,29)/t13-/m1/s1. The number of esters is 1. The smallest absolute Gasteiger partial charge is 0.302 e. The van der Waals surface area contributed by atoms with E-state index in [2.05, 4.69) is 5.32 Å². The average Bonchev–Trinajstić information content (AvgIpc) is 2.71. The molecule has 0 spiro atoms. The molecule has 1 fully saturated rings. The second kappa shape index (κ2) is 9.34. The first-order valence-corrected chi connectivity index (χ1v) is 10.6. The Bertz CT molecular complexity index is 1040. The SMILES string of the molecule is CC(=O)OC[C@@H](C)n1ccc2c(C(=O)NCC3CCC(F)(F)CC3)c(Cl)ccc2c1=O. The van der Waals surface area contributed by atoms with Gasteiger partial charge in [0.25, 0.3) is 11.5 Å². The fourth-order valence-corrected chi connectivity index (χ4v) is 4.09. The minimum absolute atomic E-state index is 0.0170. The summed E-state index contributed by atoms with van der Waals surface area (Å²) in [6.45, 7) is 3.36. The van der Waals surface area contributed by atoms with Gasteiger partial charge in [0.05, 0.1) is 16.6 Å². The van der Waals surface area contributed by atoms with Crippen LogP contribution in [-0.2, 0) is 9.53 Å². The van der Waals surface area contributed by atoms with Crippen LogP contribution >= 0.6 is 11.6 Å². The third-order valence-electron chi connectivity index (χ3n) is 5.68. The topological polar surface area (TPSA) is 77.4 Å². The molecule has 9 heteroatoms. The zero-order valence-corrected chi connectivity index (χ0v) is 18.2. The molecule has 0 aliphatic heterocycles. The maximum atomic E-state index is 13.3. The Morgan fingerprint density at radius 2 is 1.94 bits per heavy atom. The number of halogens is 3. The summed E-state index contributed by atoms with van der Waals surface area (Å²) in [6.07, 6.45) is 1.89. The summed E-state index contributed by atoms with van der Waals surface area (Å²) >= 11 is 6.27. The quantitative estimate of drug-likeness (QED) is 0.659. The van der Waals surface area contributed by atoms with Crippen LogP contribution in [0.2, 0.25) is 5.02 Å². The molecule has 1 aliphatic carbocycles. The van der Waals surface area contributed by atoms with Gasteiger partial charge in [0.2, 0.25) is 5.92 Å². The molecular formula is C22H25ClF2N2O4. The van der Waals surface area contributed by atoms with Crippen molar-refractivity contribution in [2.45, 2.75) is 51.5 Å². The molecule has 1 N–H and O–H groups in total. The van der Waals surface area contributed by atoms with Gasteiger partial charge in [0, 0.05) is 43.3 Å². The van der Waals surface area contributed by atoms with Crippen LogP contribution in [0.3, 0.4) is 0 Å². The highest BCUT2D eigenvalue weighted by molar-refractivity contribution is 6.35. The van der Waals surface area contributed by atoms with Gasteiger partial charge in [-0.15, -0.1) is 0 Å². The molecule has 0 bridgehead atoms. The summed E-state index contributed by atoms with van der Waals surface area (Å²) in [6, 6.07) is 4.28. The summed E-state index contributed by atoms with van der Waals surface area (Å²) in [5.41, 5.74) is -0.158. The fourth-order valence-electron chi connectivity index (χ4n) is 3.84. The first-order valence-electron chi connectivity index (χ1n) is 10.2. The minimum Gasteiger partial charge on any atom is -0.464 e. The molecular weight excluding hydrogens is 430 g/mol. The van der Waals surface area contributed by atoms with Crippen molar-refractivity contribution in [1.29, 1.82) is 0 Å². The molecule has 1 amide bonds. The maximum absolute atomic E-state index is 13.3. The van der Waals surface area contributed by atoms with Gasteiger partial charge < -0.3 is 14.6 Å². The van der Waals surface area contributed by atoms with E-state index in [4.69, 9.17) is 16.3 Å². The number of ether oxygens (including phenoxy) is 1. The van der Waals surface area contributed by atoms with Crippen LogP contribution in [-0.4, -0.2) is 35.5 Å². The highest BCUT2D eigenvalue weighted by Crippen LogP contribution is 2.36. The Kier molecular flexibility index (Phi) is 6.99. The van der Waals surface area contributed by atoms with Crippen molar-refractivity contribution in [2.24, 2.45) is 5.92 Å². The van der Waals surface area contributed by atoms with E-state index in [1.165, 1.54) is 23.8 Å². The first kappa shape index (κ1) is 23.2. The van der Waals surface area contributed by atoms with Gasteiger partial charge in [-0.1, -0.05) is 11.6 Å². The van der Waals surface area contributed by atoms with Crippen LogP contribution in [0.15, 0.2) is 29.2 Å². The lowest BCUT2D eigenvalue weighted by Crippen LogP contribution is -2.34. The minimum atomic E-state index is -2.62. The van der Waals surface area contributed by atoms with E-state index in [1.54, 1.807) is 19.1 Å². The van der Waals surface area contributed by atoms with Gasteiger partial charge in [-0.2, -0.15) is 0 Å². The van der Waals surface area contributed by atoms with E-state index in [0.29, 0.717) is 23.6 Å². The number of benzene rings is 1. The number of fused-ring (bicyclic) bond motifs is 1. The summed E-state index contributed by atoms with van der Waals surface area (Å²) in [7, 11) is 0. The lowest BCUT2D eigenvalue weighted by Gasteiger charge is -2.28. The monoisotopic (exact) mass is 454 g/mol. The number of pyridine rings is 1. The number of carbonyl (C=O) groups is 2. The van der Waals surface area contributed by atoms with Gasteiger partial charge in [0.1, 0.15) is 6.61 Å². The predicted octanol–water partition coefficient (Wildman–Crippen LogP) is 4.33. The molecule has 0 radical (unpaired) electrons. The molecule has 6 nitrogen and oxygen atoms in total. The normalized spacial score (nSPS) is 17.3. The number of hydrogen-bond acceptors (Lipinski definition) is 4. The van der Waals surface area contributed by atoms with E-state index in [-0.39, 0.29) is 48.1 Å². The third-order valence-corrected chi connectivity index (χ3v) is 5.99. The van der Waals surface area contributed by atoms with E-state index in [9.17, 15) is 23.2 Å². The van der Waals surface area contributed by atoms with Crippen LogP contribution in [0, 0.1) is 5.92 Å². The Morgan fingerprint density at radius 1 is 1.26 bits per heavy atom. The molecule has 1 atom stereocenters. The van der Waals surface area contributed by atoms with Crippen molar-refractivity contribution in [3.8, 4) is 0 Å². The summed E-state index contributed by atoms with van der Waals surface area (Å²) < 4.78 is 33.1. The number of aromatic nitrogens is 1. The first-order chi connectivity index (χ1) is 14.6. The molecule has 31 heavy (non-hydrogen) atoms. The zero-order chi connectivity index (χ0) is 22.8. The van der Waals surface area contributed by atoms with Crippen molar-refractivity contribution in [3.05, 3.63) is 45.3 Å². The maximum Gasteiger partial charge on any atom is 0.302 e. The van der Waals surface area contributed by atoms with E-state index < -0.39 is 23.8 Å². The molecule has 1 aliphatic rings. The molecule has 2 aromatic rings. The number of alkyl halides is 2. The van der Waals surface area contributed by atoms with Gasteiger partial charge in [-0.3, -0.25) is 14.4 Å². The Hall–Kier alpha value is -2.48. The van der Waals surface area contributed by atoms with E-state index in [0.717, 1.165) is 0 Å². The third kappa shape index (κ3) is 5.42. The zero-order valence-electron chi connectivity index (χ0n) is 17.4. The molecule has 168 valence electrons. The number of nitrogens with one attached hydrogen (secondary N) is 1. The highest BCUT2D eigenvalue weighted by atomic mass is 35.5. The van der Waals surface area contributed by atoms with Crippen LogP contribution in [0.4, 0.5) is 8.78 Å². The van der Waals surface area contributed by atoms with Crippen molar-refractivity contribution in [3.63, 3.8) is 0 Å². The Balaban J connectivity index is 1.81. The summed E-state index contributed by atoms with van der Waals surface area (Å²) in [4.78, 5) is 36.8. The second-order valence-electron chi connectivity index (χ2n) is 8.07. The molecule has 1 saturated carbocycles. The second-order valence-corrected chi connectivity index (χ2v) is 8.48. The predicted molar refractivity (Wildman–Crippen MR) is 114 cm³/mol. The lowest BCUT2D eigenvalue weighted by atomic mass is 9.87. The molecule has 1 aromatic heterocycles. The van der Waals surface area contributed by atoms with Crippen molar-refractivity contribution in [2.75, 3.05) is 13.2 Å². The van der Waals surface area contributed by atoms with Gasteiger partial charge in [-0.25, -0.2) is 8.78 Å². The summed E-state index contributed by atoms with van der Waals surface area (Å²) in [5.74, 6) is -3.52. The average molecular weight is 455 g/mol. The van der Waals surface area contributed by atoms with Crippen LogP contribution < -0.4 is 10.9 Å². The molecule has 1 heterocycles. The molecule has 1 aromatic carbocycles. The number of rotatable bonds is 6. The highest BCUT2D eigenvalue weighted by Gasteiger charge is 2.35. The fraction of sp³-hybridized carbons (Fsp3) is 0.500. The molecule has 0 saturated heterocycles. The number of nitrogens with zero attached hydrogens (tertiary/aromatic N) is 1. The van der Waals surface area contributed by atoms with Crippen LogP contribution in [0.1, 0.15) is 55.9 Å². The Labute approximate surface area is 183 Å². The van der Waals surface area contributed by atoms with Crippen molar-refractivity contribution < 1.29 is 23.1 Å². The number of hydrogen-bond donors (Lipinski definition) is 1. The van der Waals surface area contributed by atoms with Gasteiger partial charge >= 0.3 is 5.97 Å². The van der Waals surface area contributed by atoms with E-state index in [1.807, 2.05) is 0 Å². The number of carbonyl (C=O) groups excluding carboxylic acids is 2. The van der Waals surface area contributed by atoms with Crippen LogP contribution in [0.5, 0.6) is 0 Å².